The average Bonchev–Trinajstić information content (AvgIpc) is 3.70. The van der Waals surface area contributed by atoms with E-state index in [9.17, 15) is 9.59 Å². The Morgan fingerprint density at radius 1 is 1.05 bits per heavy atom. The molecule has 1 aliphatic carbocycles. The van der Waals surface area contributed by atoms with Gasteiger partial charge in [-0.1, -0.05) is 24.3 Å². The number of nitrogens with zero attached hydrogens (tertiary/aromatic N) is 5. The molecule has 4 aromatic rings. The third-order valence-corrected chi connectivity index (χ3v) is 7.24. The number of primary amides is 1. The smallest absolute Gasteiger partial charge is 0.259 e. The molecule has 0 unspecified atom stereocenters. The summed E-state index contributed by atoms with van der Waals surface area (Å²) in [6.07, 6.45) is 6.31. The molecule has 0 spiro atoms. The minimum absolute atomic E-state index is 0.0283. The quantitative estimate of drug-likeness (QED) is 0.205. The van der Waals surface area contributed by atoms with Gasteiger partial charge in [-0.3, -0.25) is 9.59 Å². The molecular formula is C29H28FN7O3. The monoisotopic (exact) mass is 541 g/mol. The molecule has 2 aromatic carbocycles. The van der Waals surface area contributed by atoms with E-state index in [1.54, 1.807) is 39.9 Å². The first kappa shape index (κ1) is 25.5. The molecule has 10 nitrogen and oxygen atoms in total. The number of piperidine rings is 1. The van der Waals surface area contributed by atoms with Crippen LogP contribution in [0.1, 0.15) is 31.7 Å². The molecule has 1 saturated carbocycles. The van der Waals surface area contributed by atoms with Crippen molar-refractivity contribution in [2.45, 2.75) is 31.7 Å². The predicted molar refractivity (Wildman–Crippen MR) is 146 cm³/mol. The van der Waals surface area contributed by atoms with Crippen molar-refractivity contribution in [1.82, 2.24) is 24.6 Å². The number of benzene rings is 2. The number of fused-ring (bicyclic) bond motifs is 1. The van der Waals surface area contributed by atoms with Crippen LogP contribution >= 0.6 is 0 Å². The number of anilines is 1. The number of hydrogen-bond donors (Lipinski definition) is 2. The zero-order valence-electron chi connectivity index (χ0n) is 21.7. The second-order valence-electron chi connectivity index (χ2n) is 10.1. The van der Waals surface area contributed by atoms with E-state index in [2.05, 4.69) is 9.97 Å². The molecule has 204 valence electrons. The number of nitrogen functional groups attached to an aromatic ring is 1. The maximum Gasteiger partial charge on any atom is 0.259 e. The fourth-order valence-electron chi connectivity index (χ4n) is 5.08. The van der Waals surface area contributed by atoms with Gasteiger partial charge in [-0.2, -0.15) is 5.10 Å². The molecule has 0 radical (unpaired) electrons. The lowest BCUT2D eigenvalue weighted by atomic mass is 10.0. The first-order chi connectivity index (χ1) is 19.4. The van der Waals surface area contributed by atoms with Crippen LogP contribution in [0, 0.1) is 11.7 Å². The van der Waals surface area contributed by atoms with Gasteiger partial charge in [0.2, 0.25) is 0 Å². The number of para-hydroxylation sites is 1. The Morgan fingerprint density at radius 2 is 1.85 bits per heavy atom. The van der Waals surface area contributed by atoms with Crippen LogP contribution in [0.25, 0.3) is 22.3 Å². The summed E-state index contributed by atoms with van der Waals surface area (Å²) in [7, 11) is 0. The number of rotatable bonds is 7. The number of hydrogen-bond acceptors (Lipinski definition) is 7. The van der Waals surface area contributed by atoms with Gasteiger partial charge in [0, 0.05) is 24.7 Å². The first-order valence-corrected chi connectivity index (χ1v) is 13.2. The molecule has 6 rings (SSSR count). The molecule has 0 bridgehead atoms. The molecular weight excluding hydrogens is 513 g/mol. The molecule has 1 aliphatic heterocycles. The number of ether oxygens (including phenoxy) is 1. The van der Waals surface area contributed by atoms with Gasteiger partial charge in [-0.05, 0) is 55.9 Å². The molecule has 3 heterocycles. The van der Waals surface area contributed by atoms with Gasteiger partial charge in [-0.25, -0.2) is 19.0 Å². The molecule has 2 fully saturated rings. The van der Waals surface area contributed by atoms with Crippen molar-refractivity contribution in [2.24, 2.45) is 11.7 Å². The second kappa shape index (κ2) is 10.4. The Labute approximate surface area is 229 Å². The number of carbonyl (C=O) groups is 2. The standard InChI is InChI=1S/C29H28FN7O3/c30-23-14-20(40-19-6-2-1-3-7-19)10-11-21(23)25-24-26(31)33-16-34-28(24)37(35-25)18-5-4-12-36(15-18)29(39)22(27(32)38)13-17-8-9-17/h1-3,6-7,10-11,13-14,16-18H,4-5,8-9,12,15H2,(H2,32,38)(H2,31,33,34)/t18-/m1/s1. The fourth-order valence-corrected chi connectivity index (χ4v) is 5.08. The summed E-state index contributed by atoms with van der Waals surface area (Å²) >= 11 is 0. The Morgan fingerprint density at radius 3 is 2.58 bits per heavy atom. The summed E-state index contributed by atoms with van der Waals surface area (Å²) in [6, 6.07) is 13.4. The SMILES string of the molecule is NC(=O)C(=CC1CC1)C(=O)N1CCC[C@@H](n2nc(-c3ccc(Oc4ccccc4)cc3F)c3c(N)ncnc32)C1. The largest absolute Gasteiger partial charge is 0.457 e. The van der Waals surface area contributed by atoms with Crippen molar-refractivity contribution in [3.05, 3.63) is 72.3 Å². The first-order valence-electron chi connectivity index (χ1n) is 13.2. The number of nitrogens with two attached hydrogens (primary N) is 2. The summed E-state index contributed by atoms with van der Waals surface area (Å²) in [5.74, 6) is -0.321. The Hall–Kier alpha value is -4.80. The van der Waals surface area contributed by atoms with Crippen LogP contribution in [0.4, 0.5) is 10.2 Å². The van der Waals surface area contributed by atoms with Crippen molar-refractivity contribution >= 4 is 28.7 Å². The highest BCUT2D eigenvalue weighted by molar-refractivity contribution is 6.17. The topological polar surface area (TPSA) is 142 Å². The lowest BCUT2D eigenvalue weighted by Crippen LogP contribution is -2.43. The zero-order valence-corrected chi connectivity index (χ0v) is 21.7. The molecule has 1 atom stereocenters. The van der Waals surface area contributed by atoms with Crippen molar-refractivity contribution in [2.75, 3.05) is 18.8 Å². The summed E-state index contributed by atoms with van der Waals surface area (Å²) in [5.41, 5.74) is 12.8. The molecule has 40 heavy (non-hydrogen) atoms. The molecule has 11 heteroatoms. The van der Waals surface area contributed by atoms with Crippen molar-refractivity contribution < 1.29 is 18.7 Å². The lowest BCUT2D eigenvalue weighted by molar-refractivity contribution is -0.131. The van der Waals surface area contributed by atoms with Gasteiger partial charge in [0.1, 0.15) is 40.7 Å². The predicted octanol–water partition coefficient (Wildman–Crippen LogP) is 3.99. The highest BCUT2D eigenvalue weighted by Crippen LogP contribution is 2.37. The van der Waals surface area contributed by atoms with Gasteiger partial charge in [-0.15, -0.1) is 0 Å². The highest BCUT2D eigenvalue weighted by Gasteiger charge is 2.33. The van der Waals surface area contributed by atoms with E-state index < -0.39 is 11.7 Å². The van der Waals surface area contributed by atoms with E-state index in [4.69, 9.17) is 21.3 Å². The van der Waals surface area contributed by atoms with Gasteiger partial charge in [0.25, 0.3) is 11.8 Å². The van der Waals surface area contributed by atoms with Gasteiger partial charge < -0.3 is 21.1 Å². The van der Waals surface area contributed by atoms with E-state index in [-0.39, 0.29) is 34.8 Å². The molecule has 2 amide bonds. The average molecular weight is 542 g/mol. The van der Waals surface area contributed by atoms with Crippen LogP contribution in [0.3, 0.4) is 0 Å². The molecule has 1 saturated heterocycles. The van der Waals surface area contributed by atoms with Crippen LogP contribution in [-0.4, -0.2) is 49.6 Å². The van der Waals surface area contributed by atoms with E-state index in [1.165, 1.54) is 12.4 Å². The van der Waals surface area contributed by atoms with Gasteiger partial charge in [0.05, 0.1) is 11.4 Å². The van der Waals surface area contributed by atoms with Crippen LogP contribution in [0.5, 0.6) is 11.5 Å². The lowest BCUT2D eigenvalue weighted by Gasteiger charge is -2.33. The van der Waals surface area contributed by atoms with Crippen LogP contribution < -0.4 is 16.2 Å². The second-order valence-corrected chi connectivity index (χ2v) is 10.1. The minimum Gasteiger partial charge on any atom is -0.457 e. The maximum atomic E-state index is 15.5. The van der Waals surface area contributed by atoms with Crippen molar-refractivity contribution in [3.8, 4) is 22.8 Å². The number of carbonyl (C=O) groups excluding carboxylic acids is 2. The molecule has 4 N–H and O–H groups in total. The third kappa shape index (κ3) is 4.97. The maximum absolute atomic E-state index is 15.5. The van der Waals surface area contributed by atoms with Gasteiger partial charge >= 0.3 is 0 Å². The van der Waals surface area contributed by atoms with Crippen molar-refractivity contribution in [3.63, 3.8) is 0 Å². The Bertz CT molecular complexity index is 1630. The molecule has 2 aromatic heterocycles. The van der Waals surface area contributed by atoms with E-state index in [0.29, 0.717) is 54.2 Å². The molecule has 2 aliphatic rings. The third-order valence-electron chi connectivity index (χ3n) is 7.24. The van der Waals surface area contributed by atoms with Crippen LogP contribution in [0.15, 0.2) is 66.5 Å². The van der Waals surface area contributed by atoms with Crippen molar-refractivity contribution in [1.29, 1.82) is 0 Å². The minimum atomic E-state index is -0.721. The van der Waals surface area contributed by atoms with E-state index in [0.717, 1.165) is 12.8 Å². The number of aromatic nitrogens is 4. The zero-order chi connectivity index (χ0) is 27.8. The number of amides is 2. The fraction of sp³-hybridized carbons (Fsp3) is 0.276. The summed E-state index contributed by atoms with van der Waals surface area (Å²) < 4.78 is 22.9. The summed E-state index contributed by atoms with van der Waals surface area (Å²) in [6.45, 7) is 0.784. The number of halogens is 1. The van der Waals surface area contributed by atoms with Crippen LogP contribution in [-0.2, 0) is 9.59 Å². The van der Waals surface area contributed by atoms with Crippen LogP contribution in [0.2, 0.25) is 0 Å². The normalized spacial score (nSPS) is 17.7. The summed E-state index contributed by atoms with van der Waals surface area (Å²) in [5, 5.41) is 5.18. The number of likely N-dealkylation sites (tertiary alicyclic amines) is 1. The van der Waals surface area contributed by atoms with E-state index >= 15 is 4.39 Å². The summed E-state index contributed by atoms with van der Waals surface area (Å²) in [4.78, 5) is 35.5. The van der Waals surface area contributed by atoms with E-state index in [1.807, 2.05) is 18.2 Å². The Balaban J connectivity index is 1.33. The Kier molecular flexibility index (Phi) is 6.63. The van der Waals surface area contributed by atoms with Gasteiger partial charge in [0.15, 0.2) is 5.65 Å². The number of allylic oxidation sites excluding steroid dienone is 1. The highest BCUT2D eigenvalue weighted by atomic mass is 19.1.